The molecule has 2 rings (SSSR count). The zero-order valence-corrected chi connectivity index (χ0v) is 12.9. The number of hydrogen-bond donors (Lipinski definition) is 2. The molecule has 21 heavy (non-hydrogen) atoms. The molecule has 0 fully saturated rings. The summed E-state index contributed by atoms with van der Waals surface area (Å²) in [7, 11) is 0. The van der Waals surface area contributed by atoms with Crippen LogP contribution in [-0.4, -0.2) is 5.11 Å². The quantitative estimate of drug-likeness (QED) is 0.819. The standard InChI is InChI=1S/C17H17N3S/c1-12(2)14-4-3-5-16(10-14)20-17(21)19-15-8-6-13(11-18)7-9-15/h3-10,12H,1-2H3,(H2,19,20,21). The van der Waals surface area contributed by atoms with Crippen molar-refractivity contribution in [2.75, 3.05) is 10.6 Å². The Labute approximate surface area is 130 Å². The van der Waals surface area contributed by atoms with E-state index in [9.17, 15) is 0 Å². The fourth-order valence-corrected chi connectivity index (χ4v) is 2.13. The molecule has 0 aliphatic carbocycles. The number of hydrogen-bond acceptors (Lipinski definition) is 2. The molecular weight excluding hydrogens is 278 g/mol. The molecule has 0 heterocycles. The fourth-order valence-electron chi connectivity index (χ4n) is 1.90. The Morgan fingerprint density at radius 1 is 1.05 bits per heavy atom. The van der Waals surface area contributed by atoms with Crippen molar-refractivity contribution in [3.05, 3.63) is 59.7 Å². The van der Waals surface area contributed by atoms with Crippen LogP contribution >= 0.6 is 12.2 Å². The van der Waals surface area contributed by atoms with Crippen LogP contribution in [0.1, 0.15) is 30.9 Å². The van der Waals surface area contributed by atoms with E-state index >= 15 is 0 Å². The topological polar surface area (TPSA) is 47.8 Å². The highest BCUT2D eigenvalue weighted by molar-refractivity contribution is 7.80. The minimum absolute atomic E-state index is 0.479. The van der Waals surface area contributed by atoms with Crippen LogP contribution in [0.15, 0.2) is 48.5 Å². The Kier molecular flexibility index (Phi) is 4.91. The van der Waals surface area contributed by atoms with Crippen molar-refractivity contribution < 1.29 is 0 Å². The van der Waals surface area contributed by atoms with E-state index < -0.39 is 0 Å². The summed E-state index contributed by atoms with van der Waals surface area (Å²) in [4.78, 5) is 0. The largest absolute Gasteiger partial charge is 0.332 e. The van der Waals surface area contributed by atoms with Crippen LogP contribution in [0.25, 0.3) is 0 Å². The second kappa shape index (κ2) is 6.87. The molecule has 2 aromatic carbocycles. The molecule has 3 nitrogen and oxygen atoms in total. The van der Waals surface area contributed by atoms with Crippen molar-refractivity contribution in [2.45, 2.75) is 19.8 Å². The molecule has 0 aromatic heterocycles. The molecule has 106 valence electrons. The van der Waals surface area contributed by atoms with Crippen LogP contribution in [0, 0.1) is 11.3 Å². The summed E-state index contributed by atoms with van der Waals surface area (Å²) in [6.45, 7) is 4.32. The number of benzene rings is 2. The predicted molar refractivity (Wildman–Crippen MR) is 91.5 cm³/mol. The average Bonchev–Trinajstić information content (AvgIpc) is 2.48. The van der Waals surface area contributed by atoms with Crippen molar-refractivity contribution in [1.29, 1.82) is 5.26 Å². The molecule has 0 atom stereocenters. The average molecular weight is 295 g/mol. The van der Waals surface area contributed by atoms with Gasteiger partial charge in [0.25, 0.3) is 0 Å². The predicted octanol–water partition coefficient (Wildman–Crippen LogP) is 4.49. The lowest BCUT2D eigenvalue weighted by atomic mass is 10.0. The Morgan fingerprint density at radius 2 is 1.71 bits per heavy atom. The molecule has 0 saturated carbocycles. The van der Waals surface area contributed by atoms with Crippen LogP contribution in [-0.2, 0) is 0 Å². The number of nitrogens with one attached hydrogen (secondary N) is 2. The summed E-state index contributed by atoms with van der Waals surface area (Å²) < 4.78 is 0. The van der Waals surface area contributed by atoms with Crippen LogP contribution in [0.3, 0.4) is 0 Å². The molecule has 0 unspecified atom stereocenters. The fraction of sp³-hybridized carbons (Fsp3) is 0.176. The van der Waals surface area contributed by atoms with E-state index in [2.05, 4.69) is 42.7 Å². The van der Waals surface area contributed by atoms with Crippen molar-refractivity contribution in [1.82, 2.24) is 0 Å². The molecular formula is C17H17N3S. The van der Waals surface area contributed by atoms with Gasteiger partial charge in [0.1, 0.15) is 0 Å². The van der Waals surface area contributed by atoms with Gasteiger partial charge in [0.2, 0.25) is 0 Å². The third-order valence-electron chi connectivity index (χ3n) is 3.08. The van der Waals surface area contributed by atoms with Gasteiger partial charge in [0.05, 0.1) is 11.6 Å². The van der Waals surface area contributed by atoms with Crippen molar-refractivity contribution in [3.8, 4) is 6.07 Å². The minimum Gasteiger partial charge on any atom is -0.332 e. The highest BCUT2D eigenvalue weighted by Crippen LogP contribution is 2.19. The summed E-state index contributed by atoms with van der Waals surface area (Å²) in [5.41, 5.74) is 3.71. The number of nitrogens with zero attached hydrogens (tertiary/aromatic N) is 1. The Hall–Kier alpha value is -2.38. The SMILES string of the molecule is CC(C)c1cccc(NC(=S)Nc2ccc(C#N)cc2)c1. The van der Waals surface area contributed by atoms with E-state index in [1.807, 2.05) is 24.3 Å². The smallest absolute Gasteiger partial charge is 0.175 e. The molecule has 0 saturated heterocycles. The molecule has 0 aliphatic heterocycles. The van der Waals surface area contributed by atoms with E-state index in [1.165, 1.54) is 5.56 Å². The maximum absolute atomic E-state index is 8.77. The van der Waals surface area contributed by atoms with Gasteiger partial charge in [-0.3, -0.25) is 0 Å². The number of thiocarbonyl (C=S) groups is 1. The van der Waals surface area contributed by atoms with Gasteiger partial charge in [0.15, 0.2) is 5.11 Å². The first-order valence-electron chi connectivity index (χ1n) is 6.76. The highest BCUT2D eigenvalue weighted by atomic mass is 32.1. The zero-order valence-electron chi connectivity index (χ0n) is 12.1. The molecule has 2 aromatic rings. The van der Waals surface area contributed by atoms with Gasteiger partial charge in [-0.2, -0.15) is 5.26 Å². The molecule has 2 N–H and O–H groups in total. The summed E-state index contributed by atoms with van der Waals surface area (Å²) >= 11 is 5.30. The second-order valence-corrected chi connectivity index (χ2v) is 5.46. The van der Waals surface area contributed by atoms with Crippen LogP contribution in [0.4, 0.5) is 11.4 Å². The molecule has 0 spiro atoms. The lowest BCUT2D eigenvalue weighted by Crippen LogP contribution is -2.19. The molecule has 0 amide bonds. The van der Waals surface area contributed by atoms with Gasteiger partial charge in [-0.25, -0.2) is 0 Å². The molecule has 0 radical (unpaired) electrons. The van der Waals surface area contributed by atoms with Gasteiger partial charge >= 0.3 is 0 Å². The monoisotopic (exact) mass is 295 g/mol. The first-order chi connectivity index (χ1) is 10.1. The summed E-state index contributed by atoms with van der Waals surface area (Å²) in [6, 6.07) is 17.5. The van der Waals surface area contributed by atoms with E-state index in [-0.39, 0.29) is 0 Å². The Bertz CT molecular complexity index is 669. The van der Waals surface area contributed by atoms with Gasteiger partial charge in [-0.15, -0.1) is 0 Å². The second-order valence-electron chi connectivity index (χ2n) is 5.05. The maximum atomic E-state index is 8.77. The van der Waals surface area contributed by atoms with Gasteiger partial charge < -0.3 is 10.6 Å². The third kappa shape index (κ3) is 4.30. The van der Waals surface area contributed by atoms with Crippen LogP contribution in [0.5, 0.6) is 0 Å². The normalized spacial score (nSPS) is 10.0. The van der Waals surface area contributed by atoms with Gasteiger partial charge in [-0.05, 0) is 60.1 Å². The first kappa shape index (κ1) is 15.0. The highest BCUT2D eigenvalue weighted by Gasteiger charge is 2.02. The number of rotatable bonds is 3. The molecule has 0 bridgehead atoms. The Morgan fingerprint density at radius 3 is 2.33 bits per heavy atom. The lowest BCUT2D eigenvalue weighted by Gasteiger charge is -2.12. The summed E-state index contributed by atoms with van der Waals surface area (Å²) in [5.74, 6) is 0.479. The number of anilines is 2. The van der Waals surface area contributed by atoms with E-state index in [0.29, 0.717) is 16.6 Å². The third-order valence-corrected chi connectivity index (χ3v) is 3.29. The van der Waals surface area contributed by atoms with E-state index in [0.717, 1.165) is 11.4 Å². The van der Waals surface area contributed by atoms with Crippen molar-refractivity contribution in [2.24, 2.45) is 0 Å². The van der Waals surface area contributed by atoms with E-state index in [1.54, 1.807) is 12.1 Å². The lowest BCUT2D eigenvalue weighted by molar-refractivity contribution is 0.867. The van der Waals surface area contributed by atoms with Gasteiger partial charge in [-0.1, -0.05) is 26.0 Å². The van der Waals surface area contributed by atoms with E-state index in [4.69, 9.17) is 17.5 Å². The zero-order chi connectivity index (χ0) is 15.2. The van der Waals surface area contributed by atoms with Crippen molar-refractivity contribution >= 4 is 28.7 Å². The van der Waals surface area contributed by atoms with Gasteiger partial charge in [0, 0.05) is 11.4 Å². The minimum atomic E-state index is 0.479. The Balaban J connectivity index is 2.01. The molecule has 4 heteroatoms. The summed E-state index contributed by atoms with van der Waals surface area (Å²) in [6.07, 6.45) is 0. The van der Waals surface area contributed by atoms with Crippen LogP contribution in [0.2, 0.25) is 0 Å². The number of nitriles is 1. The van der Waals surface area contributed by atoms with Crippen molar-refractivity contribution in [3.63, 3.8) is 0 Å². The van der Waals surface area contributed by atoms with Crippen LogP contribution < -0.4 is 10.6 Å². The molecule has 0 aliphatic rings. The summed E-state index contributed by atoms with van der Waals surface area (Å²) in [5, 5.41) is 15.6. The maximum Gasteiger partial charge on any atom is 0.175 e. The first-order valence-corrected chi connectivity index (χ1v) is 7.17.